The fourth-order valence-corrected chi connectivity index (χ4v) is 1.49. The van der Waals surface area contributed by atoms with Crippen LogP contribution < -0.4 is 11.1 Å². The van der Waals surface area contributed by atoms with E-state index in [9.17, 15) is 9.90 Å². The van der Waals surface area contributed by atoms with E-state index in [1.165, 1.54) is 0 Å². The molecule has 0 spiro atoms. The van der Waals surface area contributed by atoms with Gasteiger partial charge in [0.1, 0.15) is 5.75 Å². The predicted molar refractivity (Wildman–Crippen MR) is 62.9 cm³/mol. The van der Waals surface area contributed by atoms with Crippen LogP contribution in [0, 0.1) is 0 Å². The zero-order chi connectivity index (χ0) is 12.3. The van der Waals surface area contributed by atoms with E-state index < -0.39 is 11.4 Å². The van der Waals surface area contributed by atoms with E-state index in [1.807, 2.05) is 13.0 Å². The van der Waals surface area contributed by atoms with Crippen LogP contribution in [0.5, 0.6) is 5.75 Å². The number of primary amides is 1. The highest BCUT2D eigenvalue weighted by Gasteiger charge is 2.26. The lowest BCUT2D eigenvalue weighted by Crippen LogP contribution is -2.51. The summed E-state index contributed by atoms with van der Waals surface area (Å²) < 4.78 is 0. The minimum atomic E-state index is -0.773. The molecule has 0 radical (unpaired) electrons. The molecule has 1 rings (SSSR count). The van der Waals surface area contributed by atoms with Crippen molar-refractivity contribution in [1.29, 1.82) is 0 Å². The Morgan fingerprint density at radius 3 is 2.62 bits per heavy atom. The Morgan fingerprint density at radius 2 is 2.12 bits per heavy atom. The summed E-state index contributed by atoms with van der Waals surface area (Å²) in [5.74, 6) is -0.192. The summed E-state index contributed by atoms with van der Waals surface area (Å²) in [5, 5.41) is 12.5. The number of hydrogen-bond acceptors (Lipinski definition) is 3. The fourth-order valence-electron chi connectivity index (χ4n) is 1.49. The van der Waals surface area contributed by atoms with Crippen LogP contribution >= 0.6 is 0 Å². The zero-order valence-electron chi connectivity index (χ0n) is 9.82. The summed E-state index contributed by atoms with van der Waals surface area (Å²) >= 11 is 0. The van der Waals surface area contributed by atoms with Crippen LogP contribution in [0.15, 0.2) is 24.3 Å². The van der Waals surface area contributed by atoms with E-state index in [0.29, 0.717) is 0 Å². The van der Waals surface area contributed by atoms with Gasteiger partial charge >= 0.3 is 0 Å². The second-order valence-electron chi connectivity index (χ2n) is 4.45. The summed E-state index contributed by atoms with van der Waals surface area (Å²) in [7, 11) is 0. The smallest absolute Gasteiger partial charge is 0.237 e. The first kappa shape index (κ1) is 12.5. The highest BCUT2D eigenvalue weighted by atomic mass is 16.3. The third-order valence-corrected chi connectivity index (χ3v) is 2.56. The number of aromatic hydroxyl groups is 1. The maximum atomic E-state index is 11.2. The standard InChI is InChI=1S/C12H18N2O2/c1-8(14-12(2,3)11(13)16)9-5-4-6-10(15)7-9/h4-8,14-15H,1-3H3,(H2,13,16). The number of nitrogens with one attached hydrogen (secondary N) is 1. The molecule has 0 saturated heterocycles. The van der Waals surface area contributed by atoms with Crippen molar-refractivity contribution >= 4 is 5.91 Å². The number of benzene rings is 1. The number of amides is 1. The number of carbonyl (C=O) groups excluding carboxylic acids is 1. The van der Waals surface area contributed by atoms with Gasteiger partial charge in [0.05, 0.1) is 5.54 Å². The first-order valence-electron chi connectivity index (χ1n) is 5.19. The molecule has 1 amide bonds. The van der Waals surface area contributed by atoms with Crippen LogP contribution in [-0.2, 0) is 4.79 Å². The molecule has 0 aliphatic rings. The molecule has 1 atom stereocenters. The second-order valence-corrected chi connectivity index (χ2v) is 4.45. The van der Waals surface area contributed by atoms with Crippen molar-refractivity contribution in [1.82, 2.24) is 5.32 Å². The van der Waals surface area contributed by atoms with Crippen molar-refractivity contribution in [2.75, 3.05) is 0 Å². The van der Waals surface area contributed by atoms with Crippen molar-refractivity contribution in [2.45, 2.75) is 32.4 Å². The third-order valence-electron chi connectivity index (χ3n) is 2.56. The van der Waals surface area contributed by atoms with Crippen LogP contribution in [0.3, 0.4) is 0 Å². The lowest BCUT2D eigenvalue weighted by Gasteiger charge is -2.27. The Morgan fingerprint density at radius 1 is 1.50 bits per heavy atom. The Kier molecular flexibility index (Phi) is 3.55. The molecule has 4 nitrogen and oxygen atoms in total. The molecule has 0 aliphatic heterocycles. The Bertz CT molecular complexity index is 388. The lowest BCUT2D eigenvalue weighted by molar-refractivity contribution is -0.123. The molecule has 0 aliphatic carbocycles. The van der Waals surface area contributed by atoms with E-state index >= 15 is 0 Å². The van der Waals surface area contributed by atoms with E-state index in [2.05, 4.69) is 5.32 Å². The van der Waals surface area contributed by atoms with Gasteiger partial charge in [-0.2, -0.15) is 0 Å². The topological polar surface area (TPSA) is 75.3 Å². The number of phenols is 1. The second kappa shape index (κ2) is 4.53. The van der Waals surface area contributed by atoms with Gasteiger partial charge in [0, 0.05) is 6.04 Å². The summed E-state index contributed by atoms with van der Waals surface area (Å²) in [6.45, 7) is 5.38. The fraction of sp³-hybridized carbons (Fsp3) is 0.417. The molecule has 16 heavy (non-hydrogen) atoms. The molecule has 0 aromatic heterocycles. The van der Waals surface area contributed by atoms with Crippen LogP contribution in [0.2, 0.25) is 0 Å². The van der Waals surface area contributed by atoms with E-state index in [1.54, 1.807) is 32.0 Å². The zero-order valence-corrected chi connectivity index (χ0v) is 9.82. The number of nitrogens with two attached hydrogens (primary N) is 1. The van der Waals surface area contributed by atoms with Gasteiger partial charge in [0.2, 0.25) is 5.91 Å². The Labute approximate surface area is 95.5 Å². The van der Waals surface area contributed by atoms with Gasteiger partial charge in [-0.1, -0.05) is 12.1 Å². The molecule has 0 bridgehead atoms. The summed E-state index contributed by atoms with van der Waals surface area (Å²) in [5.41, 5.74) is 5.41. The third kappa shape index (κ3) is 2.97. The van der Waals surface area contributed by atoms with Crippen LogP contribution in [-0.4, -0.2) is 16.6 Å². The van der Waals surface area contributed by atoms with E-state index in [0.717, 1.165) is 5.56 Å². The maximum Gasteiger partial charge on any atom is 0.237 e. The van der Waals surface area contributed by atoms with Crippen molar-refractivity contribution in [3.63, 3.8) is 0 Å². The van der Waals surface area contributed by atoms with Gasteiger partial charge < -0.3 is 10.8 Å². The molecule has 0 fully saturated rings. The highest BCUT2D eigenvalue weighted by Crippen LogP contribution is 2.20. The first-order chi connectivity index (χ1) is 7.33. The van der Waals surface area contributed by atoms with Gasteiger partial charge in [-0.3, -0.25) is 10.1 Å². The van der Waals surface area contributed by atoms with Crippen LogP contribution in [0.4, 0.5) is 0 Å². The van der Waals surface area contributed by atoms with Gasteiger partial charge in [-0.15, -0.1) is 0 Å². The molecule has 4 heteroatoms. The van der Waals surface area contributed by atoms with E-state index in [4.69, 9.17) is 5.73 Å². The number of hydrogen-bond donors (Lipinski definition) is 3. The van der Waals surface area contributed by atoms with Crippen LogP contribution in [0.25, 0.3) is 0 Å². The molecule has 1 aromatic carbocycles. The molecule has 1 unspecified atom stereocenters. The van der Waals surface area contributed by atoms with Gasteiger partial charge in [0.25, 0.3) is 0 Å². The summed E-state index contributed by atoms with van der Waals surface area (Å²) in [6.07, 6.45) is 0. The summed E-state index contributed by atoms with van der Waals surface area (Å²) in [4.78, 5) is 11.2. The predicted octanol–water partition coefficient (Wildman–Crippen LogP) is 1.31. The minimum absolute atomic E-state index is 0.0606. The van der Waals surface area contributed by atoms with Crippen molar-refractivity contribution in [3.8, 4) is 5.75 Å². The number of phenolic OH excluding ortho intramolecular Hbond substituents is 1. The molecule has 88 valence electrons. The molecule has 4 N–H and O–H groups in total. The normalized spacial score (nSPS) is 13.4. The first-order valence-corrected chi connectivity index (χ1v) is 5.19. The van der Waals surface area contributed by atoms with Gasteiger partial charge in [-0.05, 0) is 38.5 Å². The average molecular weight is 222 g/mol. The lowest BCUT2D eigenvalue weighted by atomic mass is 10.0. The Hall–Kier alpha value is -1.55. The van der Waals surface area contributed by atoms with Crippen LogP contribution in [0.1, 0.15) is 32.4 Å². The van der Waals surface area contributed by atoms with Gasteiger partial charge in [0.15, 0.2) is 0 Å². The van der Waals surface area contributed by atoms with E-state index in [-0.39, 0.29) is 11.8 Å². The monoisotopic (exact) mass is 222 g/mol. The molecule has 0 saturated carbocycles. The molecular weight excluding hydrogens is 204 g/mol. The maximum absolute atomic E-state index is 11.2. The van der Waals surface area contributed by atoms with Crippen molar-refractivity contribution in [3.05, 3.63) is 29.8 Å². The highest BCUT2D eigenvalue weighted by molar-refractivity contribution is 5.83. The average Bonchev–Trinajstić information content (AvgIpc) is 2.16. The largest absolute Gasteiger partial charge is 0.508 e. The van der Waals surface area contributed by atoms with Gasteiger partial charge in [-0.25, -0.2) is 0 Å². The molecular formula is C12H18N2O2. The quantitative estimate of drug-likeness (QED) is 0.719. The number of carbonyl (C=O) groups is 1. The van der Waals surface area contributed by atoms with Crippen molar-refractivity contribution in [2.24, 2.45) is 5.73 Å². The number of rotatable bonds is 4. The Balaban J connectivity index is 2.80. The molecule has 0 heterocycles. The minimum Gasteiger partial charge on any atom is -0.508 e. The SMILES string of the molecule is CC(NC(C)(C)C(N)=O)c1cccc(O)c1. The summed E-state index contributed by atoms with van der Waals surface area (Å²) in [6, 6.07) is 6.85. The molecule has 1 aromatic rings. The van der Waals surface area contributed by atoms with Crippen molar-refractivity contribution < 1.29 is 9.90 Å².